The molecule has 0 atom stereocenters. The number of hydrogen-bond acceptors (Lipinski definition) is 4. The lowest BCUT2D eigenvalue weighted by Crippen LogP contribution is -2.54. The lowest BCUT2D eigenvalue weighted by atomic mass is 10.1. The van der Waals surface area contributed by atoms with E-state index in [-0.39, 0.29) is 11.3 Å². The maximum absolute atomic E-state index is 12.9. The molecule has 4 amide bonds. The fourth-order valence-corrected chi connectivity index (χ4v) is 2.58. The number of carbonyl (C=O) groups is 3. The number of methoxy groups -OCH3 is 1. The van der Waals surface area contributed by atoms with Crippen molar-refractivity contribution < 1.29 is 32.3 Å². The molecule has 6 nitrogen and oxygen atoms in total. The van der Waals surface area contributed by atoms with Gasteiger partial charge in [0.2, 0.25) is 0 Å². The summed E-state index contributed by atoms with van der Waals surface area (Å²) in [5.74, 6) is -1.40. The minimum absolute atomic E-state index is 0.301. The van der Waals surface area contributed by atoms with Gasteiger partial charge in [0.05, 0.1) is 18.4 Å². The highest BCUT2D eigenvalue weighted by molar-refractivity contribution is 6.39. The molecular weight excluding hydrogens is 377 g/mol. The minimum Gasteiger partial charge on any atom is -0.497 e. The number of amides is 4. The number of nitrogens with one attached hydrogen (secondary N) is 1. The molecule has 1 heterocycles. The number of anilines is 1. The van der Waals surface area contributed by atoms with Crippen LogP contribution in [0.25, 0.3) is 6.08 Å². The molecule has 0 aliphatic carbocycles. The number of barbiturate groups is 1. The molecule has 0 unspecified atom stereocenters. The van der Waals surface area contributed by atoms with Crippen LogP contribution in [0.2, 0.25) is 0 Å². The van der Waals surface area contributed by atoms with Crippen molar-refractivity contribution in [2.45, 2.75) is 6.18 Å². The zero-order chi connectivity index (χ0) is 20.5. The molecule has 1 aliphatic rings. The number of halogens is 3. The first kappa shape index (κ1) is 19.2. The number of benzene rings is 2. The molecule has 144 valence electrons. The first-order valence-electron chi connectivity index (χ1n) is 7.93. The Balaban J connectivity index is 1.99. The molecule has 2 aromatic carbocycles. The van der Waals surface area contributed by atoms with Crippen LogP contribution in [-0.2, 0) is 15.8 Å². The van der Waals surface area contributed by atoms with Gasteiger partial charge in [-0.05, 0) is 42.0 Å². The predicted molar refractivity (Wildman–Crippen MR) is 93.4 cm³/mol. The van der Waals surface area contributed by atoms with Crippen LogP contribution >= 0.6 is 0 Å². The van der Waals surface area contributed by atoms with E-state index in [1.165, 1.54) is 19.3 Å². The Hall–Kier alpha value is -3.62. The van der Waals surface area contributed by atoms with Crippen molar-refractivity contribution >= 4 is 29.6 Å². The minimum atomic E-state index is -4.65. The number of carbonyl (C=O) groups excluding carboxylic acids is 3. The van der Waals surface area contributed by atoms with Gasteiger partial charge in [0, 0.05) is 0 Å². The van der Waals surface area contributed by atoms with Crippen LogP contribution in [-0.4, -0.2) is 25.0 Å². The third-order valence-corrected chi connectivity index (χ3v) is 3.96. The van der Waals surface area contributed by atoms with Crippen molar-refractivity contribution in [3.63, 3.8) is 0 Å². The molecule has 0 saturated carbocycles. The molecule has 0 spiro atoms. The maximum Gasteiger partial charge on any atom is 0.416 e. The Morgan fingerprint density at radius 1 is 1.04 bits per heavy atom. The first-order valence-corrected chi connectivity index (χ1v) is 7.93. The highest BCUT2D eigenvalue weighted by Crippen LogP contribution is 2.32. The Bertz CT molecular complexity index is 981. The molecule has 9 heteroatoms. The van der Waals surface area contributed by atoms with Gasteiger partial charge < -0.3 is 4.74 Å². The molecule has 1 aliphatic heterocycles. The van der Waals surface area contributed by atoms with E-state index in [0.717, 1.165) is 12.1 Å². The first-order chi connectivity index (χ1) is 13.2. The van der Waals surface area contributed by atoms with Gasteiger partial charge in [0.25, 0.3) is 11.8 Å². The van der Waals surface area contributed by atoms with Crippen LogP contribution in [0.5, 0.6) is 5.75 Å². The number of rotatable bonds is 3. The van der Waals surface area contributed by atoms with Crippen LogP contribution in [0.15, 0.2) is 54.1 Å². The lowest BCUT2D eigenvalue weighted by molar-refractivity contribution is -0.137. The standard InChI is InChI=1S/C19H13F3N2O4/c1-28-14-7-5-11(6-8-14)9-15-16(25)23-18(27)24(17(15)26)13-4-2-3-12(10-13)19(20,21)22/h2-10H,1H3,(H,23,25,27)/b15-9-. The van der Waals surface area contributed by atoms with E-state index in [4.69, 9.17) is 4.74 Å². The fraction of sp³-hybridized carbons (Fsp3) is 0.105. The van der Waals surface area contributed by atoms with Crippen molar-refractivity contribution in [2.24, 2.45) is 0 Å². The molecule has 1 fully saturated rings. The monoisotopic (exact) mass is 390 g/mol. The van der Waals surface area contributed by atoms with Gasteiger partial charge in [-0.25, -0.2) is 9.69 Å². The molecule has 28 heavy (non-hydrogen) atoms. The Kier molecular flexibility index (Phi) is 4.91. The Labute approximate surface area is 157 Å². The number of nitrogens with zero attached hydrogens (tertiary/aromatic N) is 1. The average molecular weight is 390 g/mol. The average Bonchev–Trinajstić information content (AvgIpc) is 2.65. The van der Waals surface area contributed by atoms with Gasteiger partial charge in [-0.15, -0.1) is 0 Å². The summed E-state index contributed by atoms with van der Waals surface area (Å²) in [6.45, 7) is 0. The highest BCUT2D eigenvalue weighted by Gasteiger charge is 2.38. The summed E-state index contributed by atoms with van der Waals surface area (Å²) in [7, 11) is 1.48. The van der Waals surface area contributed by atoms with Crippen LogP contribution in [0.1, 0.15) is 11.1 Å². The van der Waals surface area contributed by atoms with E-state index < -0.39 is 29.6 Å². The number of alkyl halides is 3. The van der Waals surface area contributed by atoms with Gasteiger partial charge in [-0.1, -0.05) is 18.2 Å². The third-order valence-electron chi connectivity index (χ3n) is 3.96. The van der Waals surface area contributed by atoms with E-state index >= 15 is 0 Å². The number of imide groups is 2. The van der Waals surface area contributed by atoms with Gasteiger partial charge >= 0.3 is 12.2 Å². The van der Waals surface area contributed by atoms with Crippen LogP contribution in [0, 0.1) is 0 Å². The quantitative estimate of drug-likeness (QED) is 0.644. The van der Waals surface area contributed by atoms with Crippen LogP contribution < -0.4 is 15.0 Å². The Morgan fingerprint density at radius 3 is 2.32 bits per heavy atom. The van der Waals surface area contributed by atoms with Gasteiger partial charge in [-0.3, -0.25) is 14.9 Å². The van der Waals surface area contributed by atoms with Crippen molar-refractivity contribution in [2.75, 3.05) is 12.0 Å². The number of hydrogen-bond donors (Lipinski definition) is 1. The topological polar surface area (TPSA) is 75.7 Å². The molecule has 0 radical (unpaired) electrons. The van der Waals surface area contributed by atoms with Crippen LogP contribution in [0.3, 0.4) is 0 Å². The van der Waals surface area contributed by atoms with E-state index in [2.05, 4.69) is 0 Å². The molecule has 1 saturated heterocycles. The summed E-state index contributed by atoms with van der Waals surface area (Å²) < 4.78 is 43.8. The van der Waals surface area contributed by atoms with Crippen molar-refractivity contribution in [1.82, 2.24) is 5.32 Å². The molecule has 0 aromatic heterocycles. The highest BCUT2D eigenvalue weighted by atomic mass is 19.4. The molecular formula is C19H13F3N2O4. The fourth-order valence-electron chi connectivity index (χ4n) is 2.58. The summed E-state index contributed by atoms with van der Waals surface area (Å²) in [4.78, 5) is 37.4. The van der Waals surface area contributed by atoms with Crippen molar-refractivity contribution in [1.29, 1.82) is 0 Å². The summed E-state index contributed by atoms with van der Waals surface area (Å²) in [5.41, 5.74) is -1.24. The van der Waals surface area contributed by atoms with E-state index in [1.54, 1.807) is 24.3 Å². The second-order valence-corrected chi connectivity index (χ2v) is 5.78. The molecule has 1 N–H and O–H groups in total. The molecule has 3 rings (SSSR count). The smallest absolute Gasteiger partial charge is 0.416 e. The summed E-state index contributed by atoms with van der Waals surface area (Å²) >= 11 is 0. The predicted octanol–water partition coefficient (Wildman–Crippen LogP) is 3.38. The number of ether oxygens (including phenoxy) is 1. The second-order valence-electron chi connectivity index (χ2n) is 5.78. The summed E-state index contributed by atoms with van der Waals surface area (Å²) in [5, 5.41) is 1.96. The zero-order valence-electron chi connectivity index (χ0n) is 14.4. The molecule has 0 bridgehead atoms. The number of urea groups is 1. The Morgan fingerprint density at radius 2 is 1.71 bits per heavy atom. The summed E-state index contributed by atoms with van der Waals surface area (Å²) in [6.07, 6.45) is -3.41. The van der Waals surface area contributed by atoms with E-state index in [1.807, 2.05) is 5.32 Å². The lowest BCUT2D eigenvalue weighted by Gasteiger charge is -2.26. The zero-order valence-corrected chi connectivity index (χ0v) is 14.4. The molecule has 2 aromatic rings. The third kappa shape index (κ3) is 3.73. The van der Waals surface area contributed by atoms with Crippen LogP contribution in [0.4, 0.5) is 23.7 Å². The second kappa shape index (κ2) is 7.18. The van der Waals surface area contributed by atoms with E-state index in [0.29, 0.717) is 22.3 Å². The van der Waals surface area contributed by atoms with Gasteiger partial charge in [0.15, 0.2) is 0 Å². The normalized spacial score (nSPS) is 16.4. The maximum atomic E-state index is 12.9. The van der Waals surface area contributed by atoms with E-state index in [9.17, 15) is 27.6 Å². The van der Waals surface area contributed by atoms with Crippen molar-refractivity contribution in [3.8, 4) is 5.75 Å². The summed E-state index contributed by atoms with van der Waals surface area (Å²) in [6, 6.07) is 8.97. The van der Waals surface area contributed by atoms with Crippen molar-refractivity contribution in [3.05, 3.63) is 65.2 Å². The van der Waals surface area contributed by atoms with Gasteiger partial charge in [-0.2, -0.15) is 13.2 Å². The largest absolute Gasteiger partial charge is 0.497 e. The van der Waals surface area contributed by atoms with Gasteiger partial charge in [0.1, 0.15) is 11.3 Å². The SMILES string of the molecule is COc1ccc(/C=C2/C(=O)NC(=O)N(c3cccc(C(F)(F)F)c3)C2=O)cc1.